The Morgan fingerprint density at radius 3 is 1.83 bits per heavy atom. The molecule has 0 saturated heterocycles. The predicted octanol–water partition coefficient (Wildman–Crippen LogP) is -0.259. The second-order valence-electron chi connectivity index (χ2n) is 0.835. The number of hydrogen-bond donors (Lipinski definition) is 1. The maximum absolute atomic E-state index is 8.14. The van der Waals surface area contributed by atoms with Crippen molar-refractivity contribution in [3.05, 3.63) is 0 Å². The smallest absolute Gasteiger partial charge is 0.427 e. The first-order valence-electron chi connectivity index (χ1n) is 1.48. The van der Waals surface area contributed by atoms with Crippen LogP contribution in [0.2, 0.25) is 6.82 Å². The van der Waals surface area contributed by atoms with Gasteiger partial charge in [-0.15, -0.1) is 0 Å². The van der Waals surface area contributed by atoms with E-state index >= 15 is 0 Å². The molecule has 0 aromatic heterocycles. The molecule has 6 heavy (non-hydrogen) atoms. The Morgan fingerprint density at radius 1 is 1.67 bits per heavy atom. The van der Waals surface area contributed by atoms with Crippen LogP contribution in [0, 0.1) is 0 Å². The fourth-order valence-electron chi connectivity index (χ4n) is 0. The first-order chi connectivity index (χ1) is 2.27. The van der Waals surface area contributed by atoms with Gasteiger partial charge in [0, 0.05) is 39.8 Å². The predicted molar refractivity (Wildman–Crippen MR) is 20.8 cm³/mol. The summed E-state index contributed by atoms with van der Waals surface area (Å²) in [4.78, 5) is 0. The molecule has 0 rings (SSSR count). The van der Waals surface area contributed by atoms with E-state index in [0.29, 0.717) is 0 Å². The maximum atomic E-state index is 8.14. The van der Waals surface area contributed by atoms with Gasteiger partial charge in [-0.05, 0) is 6.82 Å². The molecular formula is C2H7BO2Y. The molecule has 0 heterocycles. The third-order valence-corrected chi connectivity index (χ3v) is 0.341. The van der Waals surface area contributed by atoms with E-state index in [9.17, 15) is 0 Å². The van der Waals surface area contributed by atoms with Crippen LogP contribution in [-0.2, 0) is 37.4 Å². The van der Waals surface area contributed by atoms with Gasteiger partial charge in [-0.3, -0.25) is 0 Å². The van der Waals surface area contributed by atoms with Gasteiger partial charge in [0.2, 0.25) is 0 Å². The topological polar surface area (TPSA) is 29.5 Å². The van der Waals surface area contributed by atoms with Crippen molar-refractivity contribution < 1.29 is 42.4 Å². The Morgan fingerprint density at radius 2 is 1.83 bits per heavy atom. The van der Waals surface area contributed by atoms with Crippen molar-refractivity contribution in [1.29, 1.82) is 0 Å². The molecule has 0 aromatic rings. The molecule has 33 valence electrons. The maximum Gasteiger partial charge on any atom is 0.450 e. The fraction of sp³-hybridized carbons (Fsp3) is 1.00. The summed E-state index contributed by atoms with van der Waals surface area (Å²) in [6.07, 6.45) is 0. The minimum atomic E-state index is -0.616. The second-order valence-corrected chi connectivity index (χ2v) is 0.835. The van der Waals surface area contributed by atoms with E-state index in [1.165, 1.54) is 7.11 Å². The Hall–Kier alpha value is 1.09. The summed E-state index contributed by atoms with van der Waals surface area (Å²) < 4.78 is 4.31. The summed E-state index contributed by atoms with van der Waals surface area (Å²) in [6, 6.07) is 0. The van der Waals surface area contributed by atoms with Gasteiger partial charge in [-0.2, -0.15) is 0 Å². The zero-order valence-corrected chi connectivity index (χ0v) is 6.85. The van der Waals surface area contributed by atoms with Crippen molar-refractivity contribution in [2.24, 2.45) is 0 Å². The molecule has 1 radical (unpaired) electrons. The Bertz CT molecular complexity index is 25.5. The summed E-state index contributed by atoms with van der Waals surface area (Å²) in [5.41, 5.74) is 0. The summed E-state index contributed by atoms with van der Waals surface area (Å²) in [7, 11) is 0.833. The second kappa shape index (κ2) is 6.09. The van der Waals surface area contributed by atoms with Crippen LogP contribution in [0.25, 0.3) is 0 Å². The minimum absolute atomic E-state index is 0. The van der Waals surface area contributed by atoms with E-state index in [-0.39, 0.29) is 32.7 Å². The summed E-state index contributed by atoms with van der Waals surface area (Å²) in [5, 5.41) is 8.14. The molecule has 0 saturated carbocycles. The Balaban J connectivity index is 0. The average molecular weight is 163 g/mol. The van der Waals surface area contributed by atoms with Crippen LogP contribution < -0.4 is 0 Å². The van der Waals surface area contributed by atoms with Crippen LogP contribution in [0.15, 0.2) is 0 Å². The van der Waals surface area contributed by atoms with Gasteiger partial charge in [0.15, 0.2) is 0 Å². The molecule has 0 aliphatic heterocycles. The average Bonchev–Trinajstić information content (AvgIpc) is 1.38. The van der Waals surface area contributed by atoms with Crippen molar-refractivity contribution in [1.82, 2.24) is 0 Å². The van der Waals surface area contributed by atoms with Crippen molar-refractivity contribution in [3.8, 4) is 0 Å². The van der Waals surface area contributed by atoms with Crippen LogP contribution in [0.3, 0.4) is 0 Å². The van der Waals surface area contributed by atoms with E-state index in [0.717, 1.165) is 0 Å². The quantitative estimate of drug-likeness (QED) is 0.539. The normalized spacial score (nSPS) is 6.50. The minimum Gasteiger partial charge on any atom is -0.427 e. The molecule has 4 heteroatoms. The molecule has 0 aromatic carbocycles. The van der Waals surface area contributed by atoms with Crippen molar-refractivity contribution in [3.63, 3.8) is 0 Å². The largest absolute Gasteiger partial charge is 0.450 e. The van der Waals surface area contributed by atoms with Crippen LogP contribution in [0.5, 0.6) is 0 Å². The third kappa shape index (κ3) is 8.92. The molecular weight excluding hydrogens is 156 g/mol. The zero-order chi connectivity index (χ0) is 4.28. The van der Waals surface area contributed by atoms with E-state index in [4.69, 9.17) is 5.02 Å². The third-order valence-electron chi connectivity index (χ3n) is 0.341. The van der Waals surface area contributed by atoms with Crippen molar-refractivity contribution >= 4 is 7.12 Å². The number of hydrogen-bond acceptors (Lipinski definition) is 2. The Kier molecular flexibility index (Phi) is 10.3. The molecule has 1 N–H and O–H groups in total. The molecule has 0 aliphatic rings. The summed E-state index contributed by atoms with van der Waals surface area (Å²) in [5.74, 6) is 0. The standard InChI is InChI=1S/C2H7BO2.Y/c1-3(4)5-2;/h4H,1-2H3;. The van der Waals surface area contributed by atoms with Gasteiger partial charge in [-0.1, -0.05) is 0 Å². The molecule has 0 fully saturated rings. The molecule has 0 bridgehead atoms. The van der Waals surface area contributed by atoms with Gasteiger partial charge in [0.25, 0.3) is 0 Å². The Labute approximate surface area is 63.3 Å². The molecule has 0 spiro atoms. The molecule has 0 aliphatic carbocycles. The van der Waals surface area contributed by atoms with Crippen LogP contribution in [0.1, 0.15) is 0 Å². The van der Waals surface area contributed by atoms with Gasteiger partial charge < -0.3 is 9.68 Å². The summed E-state index contributed by atoms with van der Waals surface area (Å²) >= 11 is 0. The van der Waals surface area contributed by atoms with E-state index in [2.05, 4.69) is 4.65 Å². The first kappa shape index (κ1) is 10.1. The van der Waals surface area contributed by atoms with Crippen LogP contribution >= 0.6 is 0 Å². The fourth-order valence-corrected chi connectivity index (χ4v) is 0. The SMILES string of the molecule is COB(C)O.[Y]. The molecule has 0 atom stereocenters. The van der Waals surface area contributed by atoms with Crippen molar-refractivity contribution in [2.75, 3.05) is 7.11 Å². The monoisotopic (exact) mass is 163 g/mol. The summed E-state index contributed by atoms with van der Waals surface area (Å²) in [6.45, 7) is 1.56. The van der Waals surface area contributed by atoms with Crippen LogP contribution in [0.4, 0.5) is 0 Å². The molecule has 0 unspecified atom stereocenters. The van der Waals surface area contributed by atoms with Gasteiger partial charge in [-0.25, -0.2) is 0 Å². The van der Waals surface area contributed by atoms with Gasteiger partial charge >= 0.3 is 7.12 Å². The first-order valence-corrected chi connectivity index (χ1v) is 1.48. The van der Waals surface area contributed by atoms with Crippen molar-refractivity contribution in [2.45, 2.75) is 6.82 Å². The zero-order valence-electron chi connectivity index (χ0n) is 4.01. The van der Waals surface area contributed by atoms with Crippen LogP contribution in [-0.4, -0.2) is 19.3 Å². The molecule has 0 amide bonds. The van der Waals surface area contributed by atoms with Gasteiger partial charge in [0.05, 0.1) is 0 Å². The van der Waals surface area contributed by atoms with E-state index < -0.39 is 7.12 Å². The van der Waals surface area contributed by atoms with Gasteiger partial charge in [0.1, 0.15) is 0 Å². The van der Waals surface area contributed by atoms with E-state index in [1.54, 1.807) is 6.82 Å². The van der Waals surface area contributed by atoms with E-state index in [1.807, 2.05) is 0 Å². The molecule has 2 nitrogen and oxygen atoms in total. The number of rotatable bonds is 1.